The lowest BCUT2D eigenvalue weighted by atomic mass is 10.1. The van der Waals surface area contributed by atoms with Gasteiger partial charge in [-0.25, -0.2) is 4.98 Å². The van der Waals surface area contributed by atoms with Crippen molar-refractivity contribution < 1.29 is 9.59 Å². The fourth-order valence-electron chi connectivity index (χ4n) is 4.09. The molecule has 2 amide bonds. The van der Waals surface area contributed by atoms with E-state index in [4.69, 9.17) is 0 Å². The smallest absolute Gasteiger partial charge is 0.254 e. The van der Waals surface area contributed by atoms with Gasteiger partial charge in [0.15, 0.2) is 0 Å². The second-order valence-electron chi connectivity index (χ2n) is 7.48. The van der Waals surface area contributed by atoms with Crippen LogP contribution in [0.3, 0.4) is 0 Å². The molecule has 2 saturated heterocycles. The van der Waals surface area contributed by atoms with Crippen molar-refractivity contribution >= 4 is 23.2 Å². The minimum absolute atomic E-state index is 0.00444. The van der Waals surface area contributed by atoms with Crippen LogP contribution >= 0.6 is 11.3 Å². The van der Waals surface area contributed by atoms with Gasteiger partial charge in [0.25, 0.3) is 5.91 Å². The molecule has 0 saturated carbocycles. The normalized spacial score (nSPS) is 23.6. The van der Waals surface area contributed by atoms with E-state index in [1.807, 2.05) is 40.6 Å². The van der Waals surface area contributed by atoms with Gasteiger partial charge in [-0.1, -0.05) is 25.1 Å². The van der Waals surface area contributed by atoms with Gasteiger partial charge in [-0.05, 0) is 25.0 Å². The first-order valence-electron chi connectivity index (χ1n) is 9.94. The average molecular weight is 399 g/mol. The number of thiazole rings is 1. The van der Waals surface area contributed by atoms with Gasteiger partial charge in [0.05, 0.1) is 17.1 Å². The zero-order chi connectivity index (χ0) is 19.5. The molecule has 2 aliphatic rings. The van der Waals surface area contributed by atoms with Crippen LogP contribution in [0.25, 0.3) is 0 Å². The molecule has 2 fully saturated rings. The summed E-state index contributed by atoms with van der Waals surface area (Å²) in [4.78, 5) is 34.2. The highest BCUT2D eigenvalue weighted by atomic mass is 32.1. The monoisotopic (exact) mass is 398 g/mol. The maximum absolute atomic E-state index is 13.0. The van der Waals surface area contributed by atoms with Crippen LogP contribution in [-0.2, 0) is 17.6 Å². The second kappa shape index (κ2) is 8.41. The van der Waals surface area contributed by atoms with Gasteiger partial charge < -0.3 is 10.2 Å². The van der Waals surface area contributed by atoms with E-state index in [9.17, 15) is 9.59 Å². The predicted octanol–water partition coefficient (Wildman–Crippen LogP) is 1.96. The van der Waals surface area contributed by atoms with E-state index in [0.717, 1.165) is 42.2 Å². The van der Waals surface area contributed by atoms with Crippen molar-refractivity contribution in [3.63, 3.8) is 0 Å². The Hall–Kier alpha value is -2.25. The molecular weight excluding hydrogens is 372 g/mol. The molecular formula is C21H26N4O2S. The Bertz CT molecular complexity index is 838. The molecule has 7 heteroatoms. The quantitative estimate of drug-likeness (QED) is 0.808. The van der Waals surface area contributed by atoms with Gasteiger partial charge in [-0.15, -0.1) is 11.3 Å². The summed E-state index contributed by atoms with van der Waals surface area (Å²) in [6.07, 6.45) is 2.22. The van der Waals surface area contributed by atoms with Gasteiger partial charge in [-0.3, -0.25) is 14.5 Å². The number of amides is 2. The SMILES string of the molecule is CCc1nc(CC(=O)NC[C@H]2CN(C(=O)c3ccccc3)[C@H]3CCN2C3)cs1. The molecule has 2 bridgehead atoms. The summed E-state index contributed by atoms with van der Waals surface area (Å²) in [6.45, 7) is 5.17. The van der Waals surface area contributed by atoms with E-state index < -0.39 is 0 Å². The largest absolute Gasteiger partial charge is 0.354 e. The summed E-state index contributed by atoms with van der Waals surface area (Å²) < 4.78 is 0. The molecule has 28 heavy (non-hydrogen) atoms. The molecule has 3 atom stereocenters. The number of rotatable bonds is 6. The molecule has 1 unspecified atom stereocenters. The first-order valence-corrected chi connectivity index (χ1v) is 10.8. The lowest BCUT2D eigenvalue weighted by Crippen LogP contribution is -2.57. The zero-order valence-electron chi connectivity index (χ0n) is 16.1. The molecule has 0 aliphatic carbocycles. The van der Waals surface area contributed by atoms with Crippen LogP contribution in [0.5, 0.6) is 0 Å². The Kier molecular flexibility index (Phi) is 5.73. The number of hydrogen-bond acceptors (Lipinski definition) is 5. The second-order valence-corrected chi connectivity index (χ2v) is 8.42. The van der Waals surface area contributed by atoms with E-state index in [2.05, 4.69) is 22.1 Å². The number of fused-ring (bicyclic) bond motifs is 2. The number of nitrogens with zero attached hydrogens (tertiary/aromatic N) is 3. The lowest BCUT2D eigenvalue weighted by molar-refractivity contribution is -0.120. The van der Waals surface area contributed by atoms with Crippen molar-refractivity contribution in [2.75, 3.05) is 26.2 Å². The molecule has 148 valence electrons. The highest BCUT2D eigenvalue weighted by molar-refractivity contribution is 7.09. The number of hydrogen-bond donors (Lipinski definition) is 1. The predicted molar refractivity (Wildman–Crippen MR) is 109 cm³/mol. The fourth-order valence-corrected chi connectivity index (χ4v) is 4.83. The van der Waals surface area contributed by atoms with Crippen molar-refractivity contribution in [3.05, 3.63) is 52.0 Å². The Morgan fingerprint density at radius 1 is 1.25 bits per heavy atom. The van der Waals surface area contributed by atoms with Gasteiger partial charge in [0.1, 0.15) is 0 Å². The third kappa shape index (κ3) is 4.10. The van der Waals surface area contributed by atoms with Crippen molar-refractivity contribution in [1.29, 1.82) is 0 Å². The topological polar surface area (TPSA) is 65.5 Å². The highest BCUT2D eigenvalue weighted by Gasteiger charge is 2.40. The van der Waals surface area contributed by atoms with E-state index >= 15 is 0 Å². The van der Waals surface area contributed by atoms with Crippen LogP contribution in [0.15, 0.2) is 35.7 Å². The molecule has 1 aromatic carbocycles. The lowest BCUT2D eigenvalue weighted by Gasteiger charge is -2.40. The Morgan fingerprint density at radius 3 is 2.82 bits per heavy atom. The van der Waals surface area contributed by atoms with Crippen LogP contribution in [0, 0.1) is 0 Å². The summed E-state index contributed by atoms with van der Waals surface area (Å²) in [5.41, 5.74) is 1.58. The summed E-state index contributed by atoms with van der Waals surface area (Å²) in [5, 5.41) is 6.08. The standard InChI is InChI=1S/C21H26N4O2S/c1-2-20-23-16(14-28-20)10-19(26)22-11-18-13-25(17-8-9-24(18)12-17)21(27)15-6-4-3-5-7-15/h3-7,14,17-18H,2,8-13H2,1H3,(H,22,26)/t17-,18-/m0/s1. The fraction of sp³-hybridized carbons (Fsp3) is 0.476. The molecule has 6 nitrogen and oxygen atoms in total. The molecule has 4 rings (SSSR count). The van der Waals surface area contributed by atoms with Gasteiger partial charge in [0.2, 0.25) is 5.91 Å². The number of carbonyl (C=O) groups is 2. The maximum atomic E-state index is 13.0. The maximum Gasteiger partial charge on any atom is 0.254 e. The summed E-state index contributed by atoms with van der Waals surface area (Å²) in [7, 11) is 0. The zero-order valence-corrected chi connectivity index (χ0v) is 17.0. The molecule has 2 aliphatic heterocycles. The van der Waals surface area contributed by atoms with Crippen molar-refractivity contribution in [3.8, 4) is 0 Å². The molecule has 0 radical (unpaired) electrons. The van der Waals surface area contributed by atoms with Crippen LogP contribution in [0.1, 0.15) is 34.4 Å². The van der Waals surface area contributed by atoms with Crippen molar-refractivity contribution in [2.45, 2.75) is 38.3 Å². The number of benzene rings is 1. The number of nitrogens with one attached hydrogen (secondary N) is 1. The van der Waals surface area contributed by atoms with E-state index in [1.165, 1.54) is 0 Å². The third-order valence-corrected chi connectivity index (χ3v) is 6.66. The number of piperazine rings is 1. The minimum Gasteiger partial charge on any atom is -0.354 e. The first kappa shape index (κ1) is 19.1. The minimum atomic E-state index is -0.00444. The van der Waals surface area contributed by atoms with Crippen LogP contribution in [0.2, 0.25) is 0 Å². The number of aromatic nitrogens is 1. The Morgan fingerprint density at radius 2 is 2.07 bits per heavy atom. The summed E-state index contributed by atoms with van der Waals surface area (Å²) >= 11 is 1.61. The van der Waals surface area contributed by atoms with Gasteiger partial charge >= 0.3 is 0 Å². The third-order valence-electron chi connectivity index (χ3n) is 5.62. The van der Waals surface area contributed by atoms with Crippen molar-refractivity contribution in [2.24, 2.45) is 0 Å². The Balaban J connectivity index is 1.35. The molecule has 2 aromatic rings. The molecule has 3 heterocycles. The Labute approximate surface area is 169 Å². The average Bonchev–Trinajstić information content (AvgIpc) is 3.35. The number of aryl methyl sites for hydroxylation is 1. The van der Waals surface area contributed by atoms with E-state index in [1.54, 1.807) is 11.3 Å². The van der Waals surface area contributed by atoms with E-state index in [0.29, 0.717) is 19.5 Å². The summed E-state index contributed by atoms with van der Waals surface area (Å²) in [5.74, 6) is 0.0910. The number of carbonyl (C=O) groups excluding carboxylic acids is 2. The van der Waals surface area contributed by atoms with Crippen LogP contribution < -0.4 is 5.32 Å². The molecule has 1 N–H and O–H groups in total. The van der Waals surface area contributed by atoms with Gasteiger partial charge in [0, 0.05) is 49.2 Å². The summed E-state index contributed by atoms with van der Waals surface area (Å²) in [6, 6.07) is 9.92. The first-order chi connectivity index (χ1) is 13.6. The van der Waals surface area contributed by atoms with Crippen LogP contribution in [0.4, 0.5) is 0 Å². The van der Waals surface area contributed by atoms with Crippen molar-refractivity contribution in [1.82, 2.24) is 20.1 Å². The molecule has 1 aromatic heterocycles. The molecule has 0 spiro atoms. The van der Waals surface area contributed by atoms with E-state index in [-0.39, 0.29) is 23.9 Å². The van der Waals surface area contributed by atoms with Crippen LogP contribution in [-0.4, -0.2) is 64.9 Å². The highest BCUT2D eigenvalue weighted by Crippen LogP contribution is 2.26. The van der Waals surface area contributed by atoms with Gasteiger partial charge in [-0.2, -0.15) is 0 Å².